The van der Waals surface area contributed by atoms with Crippen molar-refractivity contribution in [2.24, 2.45) is 7.05 Å². The van der Waals surface area contributed by atoms with E-state index < -0.39 is 22.7 Å². The molecule has 1 amide bonds. The first kappa shape index (κ1) is 22.8. The normalized spacial score (nSPS) is 11.3. The zero-order valence-corrected chi connectivity index (χ0v) is 19.0. The molecule has 0 atom stereocenters. The lowest BCUT2D eigenvalue weighted by atomic mass is 10.1. The van der Waals surface area contributed by atoms with E-state index >= 15 is 0 Å². The standard InChI is InChI=1S/C22H24N6O6/c1-4-5-8-27-17(23)16(18(29)25-22(27)32)28(10-13-7-6-9-33-13)21(31)14-12(2)34-19-15(14)20(30)26(3)11-24-19/h6-7,9,11H,4-5,8,10,23H2,1-3H3,(H,25,29,32). The van der Waals surface area contributed by atoms with Crippen LogP contribution in [0.1, 0.15) is 41.6 Å². The van der Waals surface area contributed by atoms with Crippen LogP contribution in [0.4, 0.5) is 11.5 Å². The van der Waals surface area contributed by atoms with Crippen molar-refractivity contribution in [3.8, 4) is 0 Å². The molecule has 4 rings (SSSR count). The van der Waals surface area contributed by atoms with Gasteiger partial charge in [0.2, 0.25) is 5.71 Å². The number of aromatic nitrogens is 4. The quantitative estimate of drug-likeness (QED) is 0.412. The molecule has 0 fully saturated rings. The minimum absolute atomic E-state index is 0.00306. The lowest BCUT2D eigenvalue weighted by Gasteiger charge is -2.23. The predicted octanol–water partition coefficient (Wildman–Crippen LogP) is 1.51. The number of hydrogen-bond acceptors (Lipinski definition) is 8. The number of unbranched alkanes of at least 4 members (excludes halogenated alkanes) is 1. The maximum absolute atomic E-state index is 13.9. The highest BCUT2D eigenvalue weighted by Gasteiger charge is 2.31. The van der Waals surface area contributed by atoms with Crippen LogP contribution in [0.5, 0.6) is 0 Å². The Labute approximate surface area is 192 Å². The summed E-state index contributed by atoms with van der Waals surface area (Å²) in [6.07, 6.45) is 4.13. The molecule has 4 heterocycles. The molecule has 0 unspecified atom stereocenters. The van der Waals surface area contributed by atoms with E-state index in [1.165, 1.54) is 35.7 Å². The Bertz CT molecular complexity index is 1540. The van der Waals surface area contributed by atoms with Gasteiger partial charge in [0, 0.05) is 13.6 Å². The minimum atomic E-state index is -0.841. The Balaban J connectivity index is 1.96. The Morgan fingerprint density at radius 3 is 2.74 bits per heavy atom. The molecule has 0 saturated carbocycles. The summed E-state index contributed by atoms with van der Waals surface area (Å²) in [5.41, 5.74) is 3.98. The molecule has 4 aromatic heterocycles. The molecule has 0 aromatic carbocycles. The number of H-pyrrole nitrogens is 1. The highest BCUT2D eigenvalue weighted by molar-refractivity contribution is 6.14. The van der Waals surface area contributed by atoms with Crippen molar-refractivity contribution < 1.29 is 13.6 Å². The first-order chi connectivity index (χ1) is 16.2. The monoisotopic (exact) mass is 468 g/mol. The van der Waals surface area contributed by atoms with Crippen LogP contribution in [-0.4, -0.2) is 25.0 Å². The second-order valence-corrected chi connectivity index (χ2v) is 7.84. The molecule has 0 saturated heterocycles. The van der Waals surface area contributed by atoms with Gasteiger partial charge >= 0.3 is 5.69 Å². The second kappa shape index (κ2) is 8.89. The number of amides is 1. The van der Waals surface area contributed by atoms with Gasteiger partial charge in [-0.1, -0.05) is 13.3 Å². The van der Waals surface area contributed by atoms with E-state index in [1.807, 2.05) is 6.92 Å². The Morgan fingerprint density at radius 2 is 2.06 bits per heavy atom. The average molecular weight is 468 g/mol. The summed E-state index contributed by atoms with van der Waals surface area (Å²) in [7, 11) is 1.50. The van der Waals surface area contributed by atoms with Crippen molar-refractivity contribution in [3.05, 3.63) is 73.0 Å². The summed E-state index contributed by atoms with van der Waals surface area (Å²) in [5, 5.41) is -0.0220. The molecule has 0 spiro atoms. The van der Waals surface area contributed by atoms with Crippen LogP contribution < -0.4 is 27.4 Å². The molecule has 12 heteroatoms. The smallest absolute Gasteiger partial charge is 0.330 e. The van der Waals surface area contributed by atoms with Gasteiger partial charge in [0.25, 0.3) is 17.0 Å². The van der Waals surface area contributed by atoms with Crippen LogP contribution in [0.2, 0.25) is 0 Å². The van der Waals surface area contributed by atoms with Crippen LogP contribution in [-0.2, 0) is 20.1 Å². The van der Waals surface area contributed by atoms with Crippen molar-refractivity contribution >= 4 is 28.5 Å². The number of nitrogens with zero attached hydrogens (tertiary/aromatic N) is 4. The zero-order chi connectivity index (χ0) is 24.6. The van der Waals surface area contributed by atoms with Gasteiger partial charge in [-0.15, -0.1) is 0 Å². The highest BCUT2D eigenvalue weighted by atomic mass is 16.3. The number of nitrogens with two attached hydrogens (primary N) is 1. The molecule has 34 heavy (non-hydrogen) atoms. The lowest BCUT2D eigenvalue weighted by Crippen LogP contribution is -2.41. The van der Waals surface area contributed by atoms with E-state index in [9.17, 15) is 19.2 Å². The van der Waals surface area contributed by atoms with Gasteiger partial charge in [-0.05, 0) is 25.5 Å². The molecule has 178 valence electrons. The number of fused-ring (bicyclic) bond motifs is 1. The molecule has 0 aliphatic heterocycles. The topological polar surface area (TPSA) is 162 Å². The van der Waals surface area contributed by atoms with Crippen molar-refractivity contribution in [2.75, 3.05) is 10.6 Å². The number of carbonyl (C=O) groups is 1. The van der Waals surface area contributed by atoms with Crippen LogP contribution >= 0.6 is 0 Å². The number of aromatic amines is 1. The number of nitrogens with one attached hydrogen (secondary N) is 1. The molecule has 4 aromatic rings. The molecule has 0 radical (unpaired) electrons. The molecule has 0 aliphatic rings. The highest BCUT2D eigenvalue weighted by Crippen LogP contribution is 2.27. The molecule has 0 bridgehead atoms. The van der Waals surface area contributed by atoms with Crippen LogP contribution in [0, 0.1) is 6.92 Å². The average Bonchev–Trinajstić information content (AvgIpc) is 3.42. The van der Waals surface area contributed by atoms with E-state index in [4.69, 9.17) is 14.6 Å². The minimum Gasteiger partial charge on any atom is -0.467 e. The van der Waals surface area contributed by atoms with Crippen molar-refractivity contribution in [1.82, 2.24) is 19.1 Å². The third-order valence-electron chi connectivity index (χ3n) is 5.52. The van der Waals surface area contributed by atoms with E-state index in [1.54, 1.807) is 12.1 Å². The summed E-state index contributed by atoms with van der Waals surface area (Å²) in [5.74, 6) is -0.390. The van der Waals surface area contributed by atoms with Gasteiger partial charge < -0.3 is 19.1 Å². The van der Waals surface area contributed by atoms with E-state index in [0.717, 1.165) is 11.3 Å². The summed E-state index contributed by atoms with van der Waals surface area (Å²) < 4.78 is 13.4. The van der Waals surface area contributed by atoms with Crippen molar-refractivity contribution in [3.63, 3.8) is 0 Å². The molecule has 12 nitrogen and oxygen atoms in total. The maximum atomic E-state index is 13.9. The molecular weight excluding hydrogens is 444 g/mol. The van der Waals surface area contributed by atoms with Crippen LogP contribution in [0.25, 0.3) is 11.1 Å². The largest absolute Gasteiger partial charge is 0.467 e. The van der Waals surface area contributed by atoms with E-state index in [2.05, 4.69) is 9.97 Å². The third kappa shape index (κ3) is 3.83. The Morgan fingerprint density at radius 1 is 1.29 bits per heavy atom. The van der Waals surface area contributed by atoms with Gasteiger partial charge in [-0.3, -0.25) is 28.8 Å². The predicted molar refractivity (Wildman–Crippen MR) is 124 cm³/mol. The van der Waals surface area contributed by atoms with Gasteiger partial charge in [-0.25, -0.2) is 9.78 Å². The number of nitrogen functional groups attached to an aromatic ring is 1. The van der Waals surface area contributed by atoms with Crippen LogP contribution in [0.15, 0.2) is 47.9 Å². The van der Waals surface area contributed by atoms with Crippen molar-refractivity contribution in [1.29, 1.82) is 0 Å². The number of hydrogen-bond donors (Lipinski definition) is 2. The van der Waals surface area contributed by atoms with Gasteiger partial charge in [0.05, 0.1) is 18.4 Å². The van der Waals surface area contributed by atoms with E-state index in [-0.39, 0.29) is 47.0 Å². The molecular formula is C22H24N6O6. The second-order valence-electron chi connectivity index (χ2n) is 7.84. The number of anilines is 2. The number of furan rings is 2. The Kier molecular flexibility index (Phi) is 5.97. The van der Waals surface area contributed by atoms with Crippen molar-refractivity contribution in [2.45, 2.75) is 39.8 Å². The Hall–Kier alpha value is -4.35. The number of aryl methyl sites for hydroxylation is 2. The summed E-state index contributed by atoms with van der Waals surface area (Å²) >= 11 is 0. The molecule has 3 N–H and O–H groups in total. The zero-order valence-electron chi connectivity index (χ0n) is 19.0. The summed E-state index contributed by atoms with van der Waals surface area (Å²) in [6.45, 7) is 3.54. The van der Waals surface area contributed by atoms with E-state index in [0.29, 0.717) is 12.2 Å². The summed E-state index contributed by atoms with van der Waals surface area (Å²) in [6, 6.07) is 3.25. The first-order valence-electron chi connectivity index (χ1n) is 10.7. The van der Waals surface area contributed by atoms with Gasteiger partial charge in [0.1, 0.15) is 29.1 Å². The molecule has 0 aliphatic carbocycles. The number of rotatable bonds is 7. The fourth-order valence-electron chi connectivity index (χ4n) is 3.77. The fourth-order valence-corrected chi connectivity index (χ4v) is 3.77. The number of carbonyl (C=O) groups excluding carboxylic acids is 1. The maximum Gasteiger partial charge on any atom is 0.330 e. The van der Waals surface area contributed by atoms with Crippen LogP contribution in [0.3, 0.4) is 0 Å². The van der Waals surface area contributed by atoms with Gasteiger partial charge in [0.15, 0.2) is 5.69 Å². The lowest BCUT2D eigenvalue weighted by molar-refractivity contribution is 0.0982. The van der Waals surface area contributed by atoms with Gasteiger partial charge in [-0.2, -0.15) is 0 Å². The first-order valence-corrected chi connectivity index (χ1v) is 10.7. The fraction of sp³-hybridized carbons (Fsp3) is 0.318. The third-order valence-corrected chi connectivity index (χ3v) is 5.52. The SMILES string of the molecule is CCCCn1c(N)c(N(Cc2ccco2)C(=O)c2c(C)oc3ncn(C)c(=O)c23)c(=O)[nH]c1=O. The summed E-state index contributed by atoms with van der Waals surface area (Å²) in [4.78, 5) is 59.5.